The molecule has 0 saturated carbocycles. The zero-order valence-corrected chi connectivity index (χ0v) is 14.0. The van der Waals surface area contributed by atoms with Gasteiger partial charge in [0.1, 0.15) is 5.60 Å². The van der Waals surface area contributed by atoms with Crippen LogP contribution in [0.1, 0.15) is 53.4 Å². The standard InChI is InChI=1S/C16H32N2O3/c1-5-6-8-18-11-13(7-9-19)10-14(12-18)17-15(20)21-16(2,3)4/h13-14,19H,5-12H2,1-4H3,(H,17,20). The number of likely N-dealkylation sites (tertiary alicyclic amines) is 1. The van der Waals surface area contributed by atoms with E-state index in [1.54, 1.807) is 0 Å². The summed E-state index contributed by atoms with van der Waals surface area (Å²) < 4.78 is 5.33. The smallest absolute Gasteiger partial charge is 0.407 e. The SMILES string of the molecule is CCCCN1CC(CCO)CC(NC(=O)OC(C)(C)C)C1. The molecule has 1 heterocycles. The monoisotopic (exact) mass is 300 g/mol. The van der Waals surface area contributed by atoms with E-state index in [4.69, 9.17) is 4.74 Å². The fourth-order valence-corrected chi connectivity index (χ4v) is 2.84. The van der Waals surface area contributed by atoms with E-state index in [0.29, 0.717) is 5.92 Å². The first-order valence-electron chi connectivity index (χ1n) is 8.16. The van der Waals surface area contributed by atoms with Crippen LogP contribution in [-0.4, -0.2) is 54.0 Å². The van der Waals surface area contributed by atoms with Gasteiger partial charge in [-0.2, -0.15) is 0 Å². The second-order valence-corrected chi connectivity index (χ2v) is 7.07. The van der Waals surface area contributed by atoms with E-state index in [0.717, 1.165) is 32.5 Å². The molecule has 0 aliphatic carbocycles. The van der Waals surface area contributed by atoms with Crippen molar-refractivity contribution in [1.82, 2.24) is 10.2 Å². The van der Waals surface area contributed by atoms with Crippen molar-refractivity contribution in [3.8, 4) is 0 Å². The molecular weight excluding hydrogens is 268 g/mol. The first-order chi connectivity index (χ1) is 9.84. The van der Waals surface area contributed by atoms with E-state index >= 15 is 0 Å². The van der Waals surface area contributed by atoms with E-state index < -0.39 is 5.60 Å². The van der Waals surface area contributed by atoms with Crippen molar-refractivity contribution in [2.45, 2.75) is 65.0 Å². The number of amides is 1. The summed E-state index contributed by atoms with van der Waals surface area (Å²) in [4.78, 5) is 14.3. The fourth-order valence-electron chi connectivity index (χ4n) is 2.84. The third kappa shape index (κ3) is 7.67. The van der Waals surface area contributed by atoms with Crippen LogP contribution in [0.3, 0.4) is 0 Å². The van der Waals surface area contributed by atoms with Gasteiger partial charge in [-0.1, -0.05) is 13.3 Å². The van der Waals surface area contributed by atoms with E-state index in [1.807, 2.05) is 20.8 Å². The number of carbonyl (C=O) groups is 1. The van der Waals surface area contributed by atoms with Crippen LogP contribution in [0.15, 0.2) is 0 Å². The maximum absolute atomic E-state index is 11.9. The van der Waals surface area contributed by atoms with Gasteiger partial charge in [0.15, 0.2) is 0 Å². The van der Waals surface area contributed by atoms with Crippen molar-refractivity contribution in [3.63, 3.8) is 0 Å². The van der Waals surface area contributed by atoms with Crippen LogP contribution in [0, 0.1) is 5.92 Å². The van der Waals surface area contributed by atoms with Gasteiger partial charge < -0.3 is 20.1 Å². The Morgan fingerprint density at radius 1 is 1.38 bits per heavy atom. The Kier molecular flexibility index (Phi) is 7.46. The van der Waals surface area contributed by atoms with E-state index in [-0.39, 0.29) is 18.7 Å². The zero-order chi connectivity index (χ0) is 15.9. The molecule has 1 saturated heterocycles. The molecule has 0 bridgehead atoms. The van der Waals surface area contributed by atoms with E-state index in [2.05, 4.69) is 17.1 Å². The second kappa shape index (κ2) is 8.59. The quantitative estimate of drug-likeness (QED) is 0.790. The van der Waals surface area contributed by atoms with Crippen LogP contribution in [0.4, 0.5) is 4.79 Å². The largest absolute Gasteiger partial charge is 0.444 e. The number of rotatable bonds is 6. The van der Waals surface area contributed by atoms with Gasteiger partial charge in [-0.3, -0.25) is 0 Å². The van der Waals surface area contributed by atoms with Crippen LogP contribution in [-0.2, 0) is 4.74 Å². The number of carbonyl (C=O) groups excluding carboxylic acids is 1. The molecule has 5 nitrogen and oxygen atoms in total. The Morgan fingerprint density at radius 2 is 2.10 bits per heavy atom. The molecule has 0 aromatic rings. The van der Waals surface area contributed by atoms with Crippen molar-refractivity contribution in [2.24, 2.45) is 5.92 Å². The molecule has 0 aromatic carbocycles. The lowest BCUT2D eigenvalue weighted by molar-refractivity contribution is 0.0439. The molecule has 5 heteroatoms. The Morgan fingerprint density at radius 3 is 2.67 bits per heavy atom. The molecule has 1 fully saturated rings. The molecule has 124 valence electrons. The number of aliphatic hydroxyl groups is 1. The van der Waals surface area contributed by atoms with Gasteiger partial charge >= 0.3 is 6.09 Å². The lowest BCUT2D eigenvalue weighted by Crippen LogP contribution is -2.51. The number of aliphatic hydroxyl groups excluding tert-OH is 1. The van der Waals surface area contributed by atoms with E-state index in [9.17, 15) is 9.90 Å². The van der Waals surface area contributed by atoms with Crippen LogP contribution in [0.2, 0.25) is 0 Å². The number of nitrogens with one attached hydrogen (secondary N) is 1. The maximum Gasteiger partial charge on any atom is 0.407 e. The minimum absolute atomic E-state index is 0.113. The molecule has 1 amide bonds. The second-order valence-electron chi connectivity index (χ2n) is 7.07. The number of nitrogens with zero attached hydrogens (tertiary/aromatic N) is 1. The van der Waals surface area contributed by atoms with Crippen LogP contribution in [0.25, 0.3) is 0 Å². The highest BCUT2D eigenvalue weighted by Crippen LogP contribution is 2.20. The normalized spacial score (nSPS) is 23.9. The summed E-state index contributed by atoms with van der Waals surface area (Å²) in [6, 6.07) is 0.113. The molecule has 1 aliphatic heterocycles. The number of piperidine rings is 1. The van der Waals surface area contributed by atoms with Crippen molar-refractivity contribution < 1.29 is 14.6 Å². The Balaban J connectivity index is 2.52. The predicted octanol–water partition coefficient (Wildman–Crippen LogP) is 2.38. The highest BCUT2D eigenvalue weighted by molar-refractivity contribution is 5.68. The average Bonchev–Trinajstić information content (AvgIpc) is 2.34. The van der Waals surface area contributed by atoms with Crippen LogP contribution >= 0.6 is 0 Å². The molecular formula is C16H32N2O3. The summed E-state index contributed by atoms with van der Waals surface area (Å²) in [6.07, 6.45) is 3.72. The summed E-state index contributed by atoms with van der Waals surface area (Å²) in [5.74, 6) is 0.445. The first kappa shape index (κ1) is 18.2. The molecule has 1 aliphatic rings. The first-order valence-corrected chi connectivity index (χ1v) is 8.16. The zero-order valence-electron chi connectivity index (χ0n) is 14.0. The number of hydrogen-bond donors (Lipinski definition) is 2. The molecule has 1 rings (SSSR count). The van der Waals surface area contributed by atoms with Gasteiger partial charge in [0.2, 0.25) is 0 Å². The summed E-state index contributed by atoms with van der Waals surface area (Å²) in [5.41, 5.74) is -0.467. The van der Waals surface area contributed by atoms with Gasteiger partial charge in [-0.05, 0) is 52.5 Å². The Hall–Kier alpha value is -0.810. The molecule has 0 aromatic heterocycles. The summed E-state index contributed by atoms with van der Waals surface area (Å²) >= 11 is 0. The molecule has 21 heavy (non-hydrogen) atoms. The predicted molar refractivity (Wildman–Crippen MR) is 84.3 cm³/mol. The molecule has 2 atom stereocenters. The van der Waals surface area contributed by atoms with Crippen LogP contribution < -0.4 is 5.32 Å². The van der Waals surface area contributed by atoms with Crippen LogP contribution in [0.5, 0.6) is 0 Å². The van der Waals surface area contributed by atoms with Gasteiger partial charge in [-0.25, -0.2) is 4.79 Å². The number of hydrogen-bond acceptors (Lipinski definition) is 4. The van der Waals surface area contributed by atoms with Crippen molar-refractivity contribution in [2.75, 3.05) is 26.2 Å². The maximum atomic E-state index is 11.9. The average molecular weight is 300 g/mol. The number of alkyl carbamates (subject to hydrolysis) is 1. The molecule has 0 spiro atoms. The van der Waals surface area contributed by atoms with E-state index in [1.165, 1.54) is 12.8 Å². The summed E-state index contributed by atoms with van der Waals surface area (Å²) in [7, 11) is 0. The lowest BCUT2D eigenvalue weighted by Gasteiger charge is -2.38. The lowest BCUT2D eigenvalue weighted by atomic mass is 9.91. The Bertz CT molecular complexity index is 315. The molecule has 0 radical (unpaired) electrons. The van der Waals surface area contributed by atoms with Crippen molar-refractivity contribution in [3.05, 3.63) is 0 Å². The summed E-state index contributed by atoms with van der Waals surface area (Å²) in [6.45, 7) is 11.0. The molecule has 2 N–H and O–H groups in total. The van der Waals surface area contributed by atoms with Gasteiger partial charge in [0.05, 0.1) is 0 Å². The highest BCUT2D eigenvalue weighted by Gasteiger charge is 2.28. The summed E-state index contributed by atoms with van der Waals surface area (Å²) in [5, 5.41) is 12.2. The highest BCUT2D eigenvalue weighted by atomic mass is 16.6. The van der Waals surface area contributed by atoms with Gasteiger partial charge in [-0.15, -0.1) is 0 Å². The topological polar surface area (TPSA) is 61.8 Å². The molecule has 2 unspecified atom stereocenters. The fraction of sp³-hybridized carbons (Fsp3) is 0.938. The third-order valence-electron chi connectivity index (χ3n) is 3.70. The Labute approximate surface area is 129 Å². The van der Waals surface area contributed by atoms with Crippen molar-refractivity contribution >= 4 is 6.09 Å². The van der Waals surface area contributed by atoms with Crippen molar-refractivity contribution in [1.29, 1.82) is 0 Å². The number of unbranched alkanes of at least 4 members (excludes halogenated alkanes) is 1. The van der Waals surface area contributed by atoms with Gasteiger partial charge in [0, 0.05) is 25.7 Å². The van der Waals surface area contributed by atoms with Gasteiger partial charge in [0.25, 0.3) is 0 Å². The number of ether oxygens (including phenoxy) is 1. The minimum atomic E-state index is -0.467. The minimum Gasteiger partial charge on any atom is -0.444 e. The third-order valence-corrected chi connectivity index (χ3v) is 3.70.